The minimum Gasteiger partial charge on any atom is -0.301 e. The quantitative estimate of drug-likeness (QED) is 0.734. The summed E-state index contributed by atoms with van der Waals surface area (Å²) >= 11 is 0. The molecule has 2 amide bonds. The molecule has 0 aromatic carbocycles. The highest BCUT2D eigenvalue weighted by Gasteiger charge is 2.35. The number of likely N-dealkylation sites (tertiary alicyclic amines) is 1. The smallest absolute Gasteiger partial charge is 0.246 e. The Morgan fingerprint density at radius 2 is 2.41 bits per heavy atom. The van der Waals surface area contributed by atoms with Gasteiger partial charge < -0.3 is 5.32 Å². The monoisotopic (exact) mass is 234 g/mol. The van der Waals surface area contributed by atoms with Gasteiger partial charge in [-0.05, 0) is 0 Å². The second-order valence-electron chi connectivity index (χ2n) is 3.94. The van der Waals surface area contributed by atoms with Crippen molar-refractivity contribution in [3.63, 3.8) is 0 Å². The maximum atomic E-state index is 11.6. The Hall–Kier alpha value is -1.95. The molecule has 90 valence electrons. The third-order valence-corrected chi connectivity index (χ3v) is 2.78. The zero-order chi connectivity index (χ0) is 12.4. The van der Waals surface area contributed by atoms with Crippen LogP contribution in [0.4, 0.5) is 0 Å². The van der Waals surface area contributed by atoms with Gasteiger partial charge >= 0.3 is 0 Å². The summed E-state index contributed by atoms with van der Waals surface area (Å²) in [5.41, 5.74) is 0.944. The van der Waals surface area contributed by atoms with Crippen molar-refractivity contribution < 1.29 is 9.59 Å². The van der Waals surface area contributed by atoms with Crippen LogP contribution >= 0.6 is 0 Å². The molecule has 1 aromatic heterocycles. The number of rotatable bonds is 4. The number of likely N-dealkylation sites (N-methyl/N-ethyl adjacent to an activating group) is 1. The zero-order valence-corrected chi connectivity index (χ0v) is 9.59. The Kier molecular flexibility index (Phi) is 3.06. The molecule has 1 aliphatic rings. The van der Waals surface area contributed by atoms with E-state index in [4.69, 9.17) is 0 Å². The number of nitrogens with one attached hydrogen (secondary N) is 1. The van der Waals surface area contributed by atoms with Crippen LogP contribution in [0.3, 0.4) is 0 Å². The van der Waals surface area contributed by atoms with Gasteiger partial charge in [0.25, 0.3) is 0 Å². The average Bonchev–Trinajstić information content (AvgIpc) is 2.88. The number of hydrogen-bond donors (Lipinski definition) is 1. The van der Waals surface area contributed by atoms with E-state index >= 15 is 0 Å². The first-order chi connectivity index (χ1) is 8.11. The Labute approximate surface area is 98.9 Å². The second-order valence-corrected chi connectivity index (χ2v) is 3.94. The van der Waals surface area contributed by atoms with Crippen LogP contribution in [-0.2, 0) is 16.1 Å². The Bertz CT molecular complexity index is 466. The highest BCUT2D eigenvalue weighted by Crippen LogP contribution is 2.11. The summed E-state index contributed by atoms with van der Waals surface area (Å²) in [4.78, 5) is 24.1. The van der Waals surface area contributed by atoms with Crippen LogP contribution in [0.25, 0.3) is 6.20 Å². The molecule has 0 saturated carbocycles. The molecule has 1 aromatic rings. The predicted octanol–water partition coefficient (Wildman–Crippen LogP) is -0.170. The van der Waals surface area contributed by atoms with Crippen LogP contribution in [0.15, 0.2) is 19.0 Å². The number of imide groups is 1. The molecule has 0 aliphatic carbocycles. The summed E-state index contributed by atoms with van der Waals surface area (Å²) in [5, 5.41) is 7.07. The van der Waals surface area contributed by atoms with Crippen LogP contribution in [0.5, 0.6) is 0 Å². The molecule has 0 bridgehead atoms. The Morgan fingerprint density at radius 1 is 1.65 bits per heavy atom. The fourth-order valence-corrected chi connectivity index (χ4v) is 1.72. The van der Waals surface area contributed by atoms with Crippen LogP contribution in [0.1, 0.15) is 12.0 Å². The van der Waals surface area contributed by atoms with Gasteiger partial charge in [0.1, 0.15) is 0 Å². The standard InChI is InChI=1S/C11H14N4O2/c1-3-15-7-8(6-13-15)5-12-9-4-10(16)14(2)11(9)17/h3,6-7,9,12H,1,4-5H2,2H3. The van der Waals surface area contributed by atoms with Crippen molar-refractivity contribution in [2.75, 3.05) is 7.05 Å². The molecule has 0 radical (unpaired) electrons. The van der Waals surface area contributed by atoms with Crippen LogP contribution in [0, 0.1) is 0 Å². The van der Waals surface area contributed by atoms with E-state index in [1.807, 2.05) is 6.20 Å². The molecule has 1 atom stereocenters. The van der Waals surface area contributed by atoms with Crippen LogP contribution in [0.2, 0.25) is 0 Å². The fraction of sp³-hybridized carbons (Fsp3) is 0.364. The lowest BCUT2D eigenvalue weighted by atomic mass is 10.2. The number of carbonyl (C=O) groups excluding carboxylic acids is 2. The molecular weight excluding hydrogens is 220 g/mol. The van der Waals surface area contributed by atoms with Crippen LogP contribution in [-0.4, -0.2) is 39.6 Å². The third kappa shape index (κ3) is 2.26. The maximum absolute atomic E-state index is 11.6. The topological polar surface area (TPSA) is 67.2 Å². The van der Waals surface area contributed by atoms with Crippen molar-refractivity contribution in [1.29, 1.82) is 0 Å². The molecule has 6 nitrogen and oxygen atoms in total. The van der Waals surface area contributed by atoms with E-state index in [-0.39, 0.29) is 18.2 Å². The molecular formula is C11H14N4O2. The van der Waals surface area contributed by atoms with Crippen molar-refractivity contribution in [2.24, 2.45) is 0 Å². The van der Waals surface area contributed by atoms with Gasteiger partial charge in [0.05, 0.1) is 18.7 Å². The van der Waals surface area contributed by atoms with Crippen molar-refractivity contribution >= 4 is 18.0 Å². The van der Waals surface area contributed by atoms with Gasteiger partial charge in [-0.3, -0.25) is 14.5 Å². The summed E-state index contributed by atoms with van der Waals surface area (Å²) in [5.74, 6) is -0.319. The number of nitrogens with zero attached hydrogens (tertiary/aromatic N) is 3. The lowest BCUT2D eigenvalue weighted by Crippen LogP contribution is -2.36. The minimum atomic E-state index is -0.417. The van der Waals surface area contributed by atoms with E-state index in [1.165, 1.54) is 7.05 Å². The van der Waals surface area contributed by atoms with Gasteiger partial charge in [0.15, 0.2) is 0 Å². The summed E-state index contributed by atoms with van der Waals surface area (Å²) in [6.45, 7) is 4.09. The Balaban J connectivity index is 1.93. The molecule has 17 heavy (non-hydrogen) atoms. The first-order valence-electron chi connectivity index (χ1n) is 5.31. The van der Waals surface area contributed by atoms with Crippen LogP contribution < -0.4 is 5.32 Å². The summed E-state index contributed by atoms with van der Waals surface area (Å²) < 4.78 is 1.59. The molecule has 1 aliphatic heterocycles. The highest BCUT2D eigenvalue weighted by atomic mass is 16.2. The first kappa shape index (κ1) is 11.5. The Morgan fingerprint density at radius 3 is 2.94 bits per heavy atom. The predicted molar refractivity (Wildman–Crippen MR) is 61.6 cm³/mol. The van der Waals surface area contributed by atoms with Crippen molar-refractivity contribution in [1.82, 2.24) is 20.0 Å². The lowest BCUT2D eigenvalue weighted by Gasteiger charge is -2.09. The molecule has 1 fully saturated rings. The maximum Gasteiger partial charge on any atom is 0.246 e. The highest BCUT2D eigenvalue weighted by molar-refractivity contribution is 6.05. The molecule has 1 unspecified atom stereocenters. The van der Waals surface area contributed by atoms with Crippen molar-refractivity contribution in [2.45, 2.75) is 19.0 Å². The number of hydrogen-bond acceptors (Lipinski definition) is 4. The molecule has 2 rings (SSSR count). The molecule has 6 heteroatoms. The zero-order valence-electron chi connectivity index (χ0n) is 9.59. The summed E-state index contributed by atoms with van der Waals surface area (Å²) in [7, 11) is 1.50. The molecule has 1 N–H and O–H groups in total. The second kappa shape index (κ2) is 4.50. The van der Waals surface area contributed by atoms with E-state index in [9.17, 15) is 9.59 Å². The van der Waals surface area contributed by atoms with Gasteiger partial charge in [-0.15, -0.1) is 0 Å². The summed E-state index contributed by atoms with van der Waals surface area (Å²) in [6.07, 6.45) is 5.32. The fourth-order valence-electron chi connectivity index (χ4n) is 1.72. The lowest BCUT2D eigenvalue weighted by molar-refractivity contribution is -0.137. The van der Waals surface area contributed by atoms with E-state index in [0.717, 1.165) is 10.5 Å². The number of aromatic nitrogens is 2. The normalized spacial score (nSPS) is 20.1. The van der Waals surface area contributed by atoms with Gasteiger partial charge in [0, 0.05) is 31.6 Å². The van der Waals surface area contributed by atoms with Gasteiger partial charge in [-0.1, -0.05) is 6.58 Å². The van der Waals surface area contributed by atoms with E-state index < -0.39 is 6.04 Å². The molecule has 1 saturated heterocycles. The minimum absolute atomic E-state index is 0.144. The third-order valence-electron chi connectivity index (χ3n) is 2.78. The first-order valence-corrected chi connectivity index (χ1v) is 5.31. The van der Waals surface area contributed by atoms with E-state index in [1.54, 1.807) is 17.1 Å². The number of carbonyl (C=O) groups is 2. The number of amides is 2. The van der Waals surface area contributed by atoms with E-state index in [0.29, 0.717) is 6.54 Å². The average molecular weight is 234 g/mol. The van der Waals surface area contributed by atoms with Gasteiger partial charge in [-0.25, -0.2) is 4.68 Å². The van der Waals surface area contributed by atoms with Gasteiger partial charge in [-0.2, -0.15) is 5.10 Å². The molecule has 0 spiro atoms. The largest absolute Gasteiger partial charge is 0.301 e. The van der Waals surface area contributed by atoms with E-state index in [2.05, 4.69) is 17.0 Å². The summed E-state index contributed by atoms with van der Waals surface area (Å²) in [6, 6.07) is -0.417. The van der Waals surface area contributed by atoms with Crippen molar-refractivity contribution in [3.8, 4) is 0 Å². The molecule has 2 heterocycles. The van der Waals surface area contributed by atoms with Crippen molar-refractivity contribution in [3.05, 3.63) is 24.5 Å². The van der Waals surface area contributed by atoms with Gasteiger partial charge in [0.2, 0.25) is 11.8 Å². The SMILES string of the molecule is C=Cn1cc(CNC2CC(=O)N(C)C2=O)cn1.